The number of amides is 1. The monoisotopic (exact) mass is 388 g/mol. The fraction of sp³-hybridized carbons (Fsp3) is 0.409. The summed E-state index contributed by atoms with van der Waals surface area (Å²) >= 11 is 0. The Morgan fingerprint density at radius 3 is 2.56 bits per heavy atom. The normalized spacial score (nSPS) is 16.9. The zero-order chi connectivity index (χ0) is 18.4. The molecule has 5 heteroatoms. The van der Waals surface area contributed by atoms with E-state index < -0.39 is 0 Å². The Bertz CT molecular complexity index is 733. The van der Waals surface area contributed by atoms with Crippen molar-refractivity contribution in [1.29, 1.82) is 0 Å². The Labute approximate surface area is 168 Å². The number of anilines is 1. The molecule has 2 N–H and O–H groups in total. The average molecular weight is 389 g/mol. The second-order valence-corrected chi connectivity index (χ2v) is 6.92. The Morgan fingerprint density at radius 1 is 1.11 bits per heavy atom. The van der Waals surface area contributed by atoms with Gasteiger partial charge in [0.25, 0.3) is 0 Å². The van der Waals surface area contributed by atoms with E-state index in [1.807, 2.05) is 36.4 Å². The number of carbonyl (C=O) groups is 1. The summed E-state index contributed by atoms with van der Waals surface area (Å²) in [6, 6.07) is 16.1. The molecule has 1 saturated heterocycles. The van der Waals surface area contributed by atoms with Gasteiger partial charge in [-0.1, -0.05) is 43.2 Å². The third-order valence-electron chi connectivity index (χ3n) is 5.24. The van der Waals surface area contributed by atoms with Crippen LogP contribution in [0, 0.1) is 0 Å². The van der Waals surface area contributed by atoms with Crippen LogP contribution >= 0.6 is 12.4 Å². The number of hydrogen-bond donors (Lipinski definition) is 1. The number of halogens is 1. The quantitative estimate of drug-likeness (QED) is 0.750. The number of para-hydroxylation sites is 1. The summed E-state index contributed by atoms with van der Waals surface area (Å²) in [5.74, 6) is 1.07. The smallest absolute Gasteiger partial charge is 0.223 e. The lowest BCUT2D eigenvalue weighted by molar-refractivity contribution is -0.133. The van der Waals surface area contributed by atoms with Gasteiger partial charge >= 0.3 is 0 Å². The highest BCUT2D eigenvalue weighted by molar-refractivity contribution is 5.85. The molecule has 1 amide bonds. The van der Waals surface area contributed by atoms with E-state index in [0.717, 1.165) is 42.8 Å². The van der Waals surface area contributed by atoms with Gasteiger partial charge in [0.1, 0.15) is 5.75 Å². The fourth-order valence-corrected chi connectivity index (χ4v) is 3.73. The number of ether oxygens (including phenoxy) is 1. The third-order valence-corrected chi connectivity index (χ3v) is 5.24. The van der Waals surface area contributed by atoms with Gasteiger partial charge in [-0.25, -0.2) is 0 Å². The number of rotatable bonds is 5. The molecule has 1 heterocycles. The molecule has 0 spiro atoms. The molecular weight excluding hydrogens is 360 g/mol. The molecule has 1 aliphatic rings. The van der Waals surface area contributed by atoms with E-state index in [4.69, 9.17) is 10.5 Å². The van der Waals surface area contributed by atoms with Crippen LogP contribution in [0.15, 0.2) is 48.5 Å². The summed E-state index contributed by atoms with van der Waals surface area (Å²) < 4.78 is 5.26. The first kappa shape index (κ1) is 21.1. The van der Waals surface area contributed by atoms with E-state index in [0.29, 0.717) is 12.8 Å². The van der Waals surface area contributed by atoms with Crippen LogP contribution in [0.4, 0.5) is 5.69 Å². The van der Waals surface area contributed by atoms with Crippen LogP contribution in [0.5, 0.6) is 5.75 Å². The van der Waals surface area contributed by atoms with Gasteiger partial charge in [0.2, 0.25) is 5.91 Å². The molecule has 3 rings (SSSR count). The van der Waals surface area contributed by atoms with Crippen LogP contribution in [0.3, 0.4) is 0 Å². The lowest BCUT2D eigenvalue weighted by atomic mass is 9.99. The van der Waals surface area contributed by atoms with Crippen molar-refractivity contribution < 1.29 is 9.53 Å². The van der Waals surface area contributed by atoms with Crippen molar-refractivity contribution in [2.75, 3.05) is 19.4 Å². The minimum absolute atomic E-state index is 0. The molecule has 1 fully saturated rings. The molecule has 2 aromatic rings. The maximum Gasteiger partial charge on any atom is 0.223 e. The molecule has 0 aromatic heterocycles. The first-order valence-electron chi connectivity index (χ1n) is 9.46. The van der Waals surface area contributed by atoms with Crippen LogP contribution in [0.25, 0.3) is 0 Å². The number of nitrogens with two attached hydrogens (primary N) is 1. The van der Waals surface area contributed by atoms with Crippen molar-refractivity contribution in [2.45, 2.75) is 44.6 Å². The molecule has 2 aromatic carbocycles. The van der Waals surface area contributed by atoms with E-state index in [1.54, 1.807) is 7.11 Å². The van der Waals surface area contributed by atoms with Crippen LogP contribution in [0.2, 0.25) is 0 Å². The summed E-state index contributed by atoms with van der Waals surface area (Å²) in [5, 5.41) is 0. The second-order valence-electron chi connectivity index (χ2n) is 6.92. The number of methoxy groups -OCH3 is 1. The van der Waals surface area contributed by atoms with E-state index in [1.165, 1.54) is 12.0 Å². The van der Waals surface area contributed by atoms with Crippen molar-refractivity contribution in [3.8, 4) is 5.75 Å². The number of aryl methyl sites for hydroxylation is 1. The molecule has 1 unspecified atom stereocenters. The second kappa shape index (κ2) is 10.2. The number of benzene rings is 2. The number of likely N-dealkylation sites (tertiary alicyclic amines) is 1. The van der Waals surface area contributed by atoms with Gasteiger partial charge < -0.3 is 15.4 Å². The molecular formula is C22H29ClN2O2. The first-order chi connectivity index (χ1) is 12.7. The average Bonchev–Trinajstić information content (AvgIpc) is 2.93. The molecule has 0 saturated carbocycles. The highest BCUT2D eigenvalue weighted by atomic mass is 35.5. The lowest BCUT2D eigenvalue weighted by Gasteiger charge is -2.31. The highest BCUT2D eigenvalue weighted by Gasteiger charge is 2.26. The number of carbonyl (C=O) groups excluding carboxylic acids is 1. The summed E-state index contributed by atoms with van der Waals surface area (Å²) in [5.41, 5.74) is 9.03. The molecule has 4 nitrogen and oxygen atoms in total. The Kier molecular flexibility index (Phi) is 7.99. The predicted octanol–water partition coefficient (Wildman–Crippen LogP) is 4.78. The molecule has 27 heavy (non-hydrogen) atoms. The Hall–Kier alpha value is -2.20. The van der Waals surface area contributed by atoms with Crippen molar-refractivity contribution in [1.82, 2.24) is 4.90 Å². The van der Waals surface area contributed by atoms with Gasteiger partial charge in [0.15, 0.2) is 0 Å². The lowest BCUT2D eigenvalue weighted by Crippen LogP contribution is -2.35. The van der Waals surface area contributed by atoms with Crippen LogP contribution in [0.1, 0.15) is 49.3 Å². The molecule has 146 valence electrons. The number of nitrogens with zero attached hydrogens (tertiary/aromatic N) is 1. The zero-order valence-electron chi connectivity index (χ0n) is 15.9. The van der Waals surface area contributed by atoms with Crippen molar-refractivity contribution in [2.24, 2.45) is 0 Å². The van der Waals surface area contributed by atoms with E-state index in [9.17, 15) is 4.79 Å². The van der Waals surface area contributed by atoms with Gasteiger partial charge in [0.05, 0.1) is 13.2 Å². The van der Waals surface area contributed by atoms with Gasteiger partial charge in [0, 0.05) is 18.7 Å². The van der Waals surface area contributed by atoms with E-state index in [2.05, 4.69) is 17.0 Å². The summed E-state index contributed by atoms with van der Waals surface area (Å²) in [6.07, 6.45) is 5.63. The molecule has 0 radical (unpaired) electrons. The molecule has 0 bridgehead atoms. The van der Waals surface area contributed by atoms with Gasteiger partial charge in [-0.05, 0) is 48.6 Å². The van der Waals surface area contributed by atoms with Crippen molar-refractivity contribution in [3.05, 3.63) is 59.7 Å². The minimum atomic E-state index is 0. The van der Waals surface area contributed by atoms with Crippen LogP contribution in [-0.4, -0.2) is 24.5 Å². The van der Waals surface area contributed by atoms with E-state index >= 15 is 0 Å². The Balaban J connectivity index is 0.00000261. The summed E-state index contributed by atoms with van der Waals surface area (Å²) in [7, 11) is 1.67. The highest BCUT2D eigenvalue weighted by Crippen LogP contribution is 2.32. The molecule has 0 aliphatic carbocycles. The molecule has 1 aliphatic heterocycles. The maximum atomic E-state index is 13.0. The van der Waals surface area contributed by atoms with Crippen LogP contribution < -0.4 is 10.5 Å². The zero-order valence-corrected chi connectivity index (χ0v) is 16.7. The first-order valence-corrected chi connectivity index (χ1v) is 9.46. The van der Waals surface area contributed by atoms with E-state index in [-0.39, 0.29) is 24.4 Å². The largest absolute Gasteiger partial charge is 0.497 e. The van der Waals surface area contributed by atoms with Crippen molar-refractivity contribution >= 4 is 24.0 Å². The maximum absolute atomic E-state index is 13.0. The standard InChI is InChI=1S/C22H28N2O2.ClH/c1-26-19-13-10-18(11-14-19)21-9-3-2-6-16-24(21)22(25)15-12-17-7-4-5-8-20(17)23;/h4-5,7-8,10-11,13-14,21H,2-3,6,9,12,15-16,23H2,1H3;1H. The SMILES string of the molecule is COc1ccc(C2CCCCCN2C(=O)CCc2ccccc2N)cc1.Cl. The minimum Gasteiger partial charge on any atom is -0.497 e. The van der Waals surface area contributed by atoms with Crippen molar-refractivity contribution in [3.63, 3.8) is 0 Å². The Morgan fingerprint density at radius 2 is 1.85 bits per heavy atom. The number of hydrogen-bond acceptors (Lipinski definition) is 3. The molecule has 1 atom stereocenters. The third kappa shape index (κ3) is 5.39. The summed E-state index contributed by atoms with van der Waals surface area (Å²) in [4.78, 5) is 15.1. The topological polar surface area (TPSA) is 55.6 Å². The van der Waals surface area contributed by atoms with Gasteiger partial charge in [-0.2, -0.15) is 0 Å². The fourth-order valence-electron chi connectivity index (χ4n) is 3.73. The predicted molar refractivity (Wildman–Crippen MR) is 112 cm³/mol. The summed E-state index contributed by atoms with van der Waals surface area (Å²) in [6.45, 7) is 0.833. The van der Waals surface area contributed by atoms with Gasteiger partial charge in [-0.15, -0.1) is 12.4 Å². The van der Waals surface area contributed by atoms with Crippen LogP contribution in [-0.2, 0) is 11.2 Å². The number of nitrogen functional groups attached to an aromatic ring is 1. The van der Waals surface area contributed by atoms with Gasteiger partial charge in [-0.3, -0.25) is 4.79 Å².